The molecular formula is C21H24N4O3S3. The molecule has 1 fully saturated rings. The van der Waals surface area contributed by atoms with Crippen molar-refractivity contribution in [2.75, 3.05) is 31.6 Å². The van der Waals surface area contributed by atoms with Gasteiger partial charge < -0.3 is 15.4 Å². The molecule has 164 valence electrons. The minimum atomic E-state index is -3.48. The van der Waals surface area contributed by atoms with Gasteiger partial charge in [-0.3, -0.25) is 0 Å². The number of fused-ring (bicyclic) bond motifs is 1. The summed E-state index contributed by atoms with van der Waals surface area (Å²) in [6.07, 6.45) is 0.925. The van der Waals surface area contributed by atoms with E-state index in [9.17, 15) is 8.42 Å². The zero-order valence-corrected chi connectivity index (χ0v) is 19.6. The number of thiocarbonyl (C=S) groups is 1. The Kier molecular flexibility index (Phi) is 6.83. The third-order valence-electron chi connectivity index (χ3n) is 4.98. The van der Waals surface area contributed by atoms with Gasteiger partial charge in [0.2, 0.25) is 10.0 Å². The van der Waals surface area contributed by atoms with E-state index in [1.807, 2.05) is 18.2 Å². The number of anilines is 1. The van der Waals surface area contributed by atoms with Crippen LogP contribution in [0, 0.1) is 0 Å². The molecule has 7 nitrogen and oxygen atoms in total. The first-order chi connectivity index (χ1) is 15.0. The van der Waals surface area contributed by atoms with E-state index in [4.69, 9.17) is 17.0 Å². The third-order valence-corrected chi connectivity index (χ3v) is 8.30. The largest absolute Gasteiger partial charge is 0.379 e. The molecule has 0 amide bonds. The quantitative estimate of drug-likeness (QED) is 0.528. The highest BCUT2D eigenvalue weighted by Crippen LogP contribution is 2.25. The van der Waals surface area contributed by atoms with Crippen LogP contribution in [0.3, 0.4) is 0 Å². The van der Waals surface area contributed by atoms with Crippen molar-refractivity contribution in [1.29, 1.82) is 0 Å². The third kappa shape index (κ3) is 5.21. The van der Waals surface area contributed by atoms with Gasteiger partial charge in [-0.1, -0.05) is 19.1 Å². The number of aromatic nitrogens is 1. The molecule has 0 saturated carbocycles. The fourth-order valence-corrected chi connectivity index (χ4v) is 5.82. The molecule has 0 bridgehead atoms. The Morgan fingerprint density at radius 1 is 1.19 bits per heavy atom. The maximum absolute atomic E-state index is 12.7. The van der Waals surface area contributed by atoms with Crippen LogP contribution in [0.4, 0.5) is 5.69 Å². The first kappa shape index (κ1) is 22.1. The fourth-order valence-electron chi connectivity index (χ4n) is 3.27. The number of hydrogen-bond acceptors (Lipinski definition) is 6. The molecule has 10 heteroatoms. The maximum atomic E-state index is 12.7. The summed E-state index contributed by atoms with van der Waals surface area (Å²) in [6, 6.07) is 12.9. The van der Waals surface area contributed by atoms with Crippen molar-refractivity contribution >= 4 is 54.6 Å². The highest BCUT2D eigenvalue weighted by Gasteiger charge is 2.26. The highest BCUT2D eigenvalue weighted by molar-refractivity contribution is 7.89. The van der Waals surface area contributed by atoms with E-state index < -0.39 is 10.0 Å². The number of ether oxygens (including phenoxy) is 1. The summed E-state index contributed by atoms with van der Waals surface area (Å²) < 4.78 is 33.2. The summed E-state index contributed by atoms with van der Waals surface area (Å²) in [5.41, 5.74) is 2.84. The SMILES string of the molecule is CCc1nc2ccc(NC(=S)NCc3ccc(S(=O)(=O)N4CCOCC4)cc3)cc2s1. The average molecular weight is 477 g/mol. The molecule has 31 heavy (non-hydrogen) atoms. The van der Waals surface area contributed by atoms with E-state index in [2.05, 4.69) is 22.5 Å². The van der Waals surface area contributed by atoms with Gasteiger partial charge in [0.1, 0.15) is 0 Å². The molecule has 0 unspecified atom stereocenters. The average Bonchev–Trinajstić information content (AvgIpc) is 3.21. The van der Waals surface area contributed by atoms with Crippen molar-refractivity contribution in [2.24, 2.45) is 0 Å². The van der Waals surface area contributed by atoms with E-state index in [0.717, 1.165) is 32.9 Å². The standard InChI is InChI=1S/C21H24N4O3S3/c1-2-20-24-18-8-5-16(13-19(18)30-20)23-21(29)22-14-15-3-6-17(7-4-15)31(26,27)25-9-11-28-12-10-25/h3-8,13H,2,9-12,14H2,1H3,(H2,22,23,29). The van der Waals surface area contributed by atoms with Crippen LogP contribution in [-0.4, -0.2) is 49.1 Å². The zero-order chi connectivity index (χ0) is 21.8. The Bertz CT molecular complexity index is 1170. The van der Waals surface area contributed by atoms with Crippen LogP contribution in [0.1, 0.15) is 17.5 Å². The minimum absolute atomic E-state index is 0.295. The molecule has 1 aliphatic rings. The first-order valence-corrected chi connectivity index (χ1v) is 12.7. The summed E-state index contributed by atoms with van der Waals surface area (Å²) in [5, 5.41) is 7.98. The number of hydrogen-bond donors (Lipinski definition) is 2. The minimum Gasteiger partial charge on any atom is -0.379 e. The molecule has 0 spiro atoms. The fraction of sp³-hybridized carbons (Fsp3) is 0.333. The molecule has 2 N–H and O–H groups in total. The second kappa shape index (κ2) is 9.58. The van der Waals surface area contributed by atoms with Crippen molar-refractivity contribution in [3.63, 3.8) is 0 Å². The molecular weight excluding hydrogens is 452 g/mol. The Hall–Kier alpha value is -2.11. The Morgan fingerprint density at radius 2 is 1.94 bits per heavy atom. The zero-order valence-electron chi connectivity index (χ0n) is 17.1. The van der Waals surface area contributed by atoms with Gasteiger partial charge in [0, 0.05) is 25.3 Å². The van der Waals surface area contributed by atoms with Gasteiger partial charge in [-0.05, 0) is 54.5 Å². The monoisotopic (exact) mass is 476 g/mol. The lowest BCUT2D eigenvalue weighted by molar-refractivity contribution is 0.0730. The lowest BCUT2D eigenvalue weighted by atomic mass is 10.2. The van der Waals surface area contributed by atoms with Gasteiger partial charge in [0.15, 0.2) is 5.11 Å². The number of nitrogens with one attached hydrogen (secondary N) is 2. The van der Waals surface area contributed by atoms with Crippen LogP contribution in [0.25, 0.3) is 10.2 Å². The second-order valence-corrected chi connectivity index (χ2v) is 10.6. The molecule has 0 atom stereocenters. The number of thiazole rings is 1. The smallest absolute Gasteiger partial charge is 0.243 e. The van der Waals surface area contributed by atoms with Gasteiger partial charge in [-0.25, -0.2) is 13.4 Å². The molecule has 0 radical (unpaired) electrons. The van der Waals surface area contributed by atoms with E-state index in [-0.39, 0.29) is 0 Å². The van der Waals surface area contributed by atoms with Crippen molar-refractivity contribution in [3.05, 3.63) is 53.0 Å². The summed E-state index contributed by atoms with van der Waals surface area (Å²) in [6.45, 7) is 4.23. The number of sulfonamides is 1. The van der Waals surface area contributed by atoms with E-state index in [1.54, 1.807) is 35.6 Å². The Balaban J connectivity index is 1.34. The number of aryl methyl sites for hydroxylation is 1. The van der Waals surface area contributed by atoms with Crippen LogP contribution in [-0.2, 0) is 27.7 Å². The summed E-state index contributed by atoms with van der Waals surface area (Å²) in [5.74, 6) is 0. The summed E-state index contributed by atoms with van der Waals surface area (Å²) in [7, 11) is -3.48. The lowest BCUT2D eigenvalue weighted by Gasteiger charge is -2.26. The van der Waals surface area contributed by atoms with Crippen LogP contribution in [0.15, 0.2) is 47.4 Å². The van der Waals surface area contributed by atoms with Crippen molar-refractivity contribution in [1.82, 2.24) is 14.6 Å². The van der Waals surface area contributed by atoms with Gasteiger partial charge in [0.25, 0.3) is 0 Å². The predicted molar refractivity (Wildman–Crippen MR) is 128 cm³/mol. The molecule has 4 rings (SSSR count). The topological polar surface area (TPSA) is 83.6 Å². The van der Waals surface area contributed by atoms with Crippen LogP contribution in [0.5, 0.6) is 0 Å². The number of nitrogens with zero attached hydrogens (tertiary/aromatic N) is 2. The molecule has 1 aliphatic heterocycles. The molecule has 0 aliphatic carbocycles. The predicted octanol–water partition coefficient (Wildman–Crippen LogP) is 3.37. The Labute approximate surface area is 191 Å². The van der Waals surface area contributed by atoms with Crippen LogP contribution in [0.2, 0.25) is 0 Å². The van der Waals surface area contributed by atoms with Crippen LogP contribution >= 0.6 is 23.6 Å². The van der Waals surface area contributed by atoms with Crippen molar-refractivity contribution in [2.45, 2.75) is 24.8 Å². The molecule has 2 heterocycles. The molecule has 3 aromatic rings. The lowest BCUT2D eigenvalue weighted by Crippen LogP contribution is -2.40. The highest BCUT2D eigenvalue weighted by atomic mass is 32.2. The number of morpholine rings is 1. The van der Waals surface area contributed by atoms with E-state index in [1.165, 1.54) is 4.31 Å². The van der Waals surface area contributed by atoms with Crippen molar-refractivity contribution < 1.29 is 13.2 Å². The van der Waals surface area contributed by atoms with Gasteiger partial charge >= 0.3 is 0 Å². The van der Waals surface area contributed by atoms with Gasteiger partial charge in [0.05, 0.1) is 33.3 Å². The summed E-state index contributed by atoms with van der Waals surface area (Å²) >= 11 is 7.10. The number of rotatable bonds is 6. The van der Waals surface area contributed by atoms with Gasteiger partial charge in [-0.2, -0.15) is 4.31 Å². The van der Waals surface area contributed by atoms with E-state index in [0.29, 0.717) is 42.9 Å². The van der Waals surface area contributed by atoms with E-state index >= 15 is 0 Å². The summed E-state index contributed by atoms with van der Waals surface area (Å²) in [4.78, 5) is 4.87. The second-order valence-electron chi connectivity index (χ2n) is 7.11. The molecule has 1 aromatic heterocycles. The number of benzene rings is 2. The van der Waals surface area contributed by atoms with Crippen LogP contribution < -0.4 is 10.6 Å². The Morgan fingerprint density at radius 3 is 2.65 bits per heavy atom. The molecule has 2 aromatic carbocycles. The first-order valence-electron chi connectivity index (χ1n) is 10.1. The van der Waals surface area contributed by atoms with Crippen molar-refractivity contribution in [3.8, 4) is 0 Å². The van der Waals surface area contributed by atoms with Gasteiger partial charge in [-0.15, -0.1) is 11.3 Å². The normalized spacial score (nSPS) is 15.1. The molecule has 1 saturated heterocycles. The maximum Gasteiger partial charge on any atom is 0.243 e.